The molecule has 1 heteroatoms. The lowest BCUT2D eigenvalue weighted by Crippen LogP contribution is -2.19. The van der Waals surface area contributed by atoms with Gasteiger partial charge >= 0.3 is 0 Å². The van der Waals surface area contributed by atoms with Crippen LogP contribution in [0.5, 0.6) is 0 Å². The largest absolute Gasteiger partial charge is 0.370 e. The van der Waals surface area contributed by atoms with Crippen LogP contribution in [0, 0.1) is 0 Å². The molecule has 0 spiro atoms. The lowest BCUT2D eigenvalue weighted by atomic mass is 9.99. The number of hydrogen-bond acceptors (Lipinski definition) is 1. The second-order valence-electron chi connectivity index (χ2n) is 5.00. The third kappa shape index (κ3) is 3.00. The van der Waals surface area contributed by atoms with Crippen molar-refractivity contribution in [1.82, 2.24) is 4.90 Å². The van der Waals surface area contributed by atoms with Gasteiger partial charge in [0.15, 0.2) is 0 Å². The molecule has 0 saturated carbocycles. The number of rotatable bonds is 4. The van der Waals surface area contributed by atoms with Gasteiger partial charge in [-0.05, 0) is 35.8 Å². The van der Waals surface area contributed by atoms with Crippen molar-refractivity contribution in [3.05, 3.63) is 84.5 Å². The average molecular weight is 263 g/mol. The first-order chi connectivity index (χ1) is 9.65. The molecule has 0 N–H and O–H groups in total. The first-order valence-corrected chi connectivity index (χ1v) is 6.81. The van der Waals surface area contributed by atoms with Crippen molar-refractivity contribution in [3.63, 3.8) is 0 Å². The number of allylic oxidation sites excluding steroid dienone is 6. The van der Waals surface area contributed by atoms with Gasteiger partial charge in [-0.25, -0.2) is 0 Å². The second kappa shape index (κ2) is 6.25. The van der Waals surface area contributed by atoms with Crippen LogP contribution in [-0.2, 0) is 0 Å². The molecule has 102 valence electrons. The molecule has 0 aromatic heterocycles. The zero-order valence-electron chi connectivity index (χ0n) is 12.3. The zero-order chi connectivity index (χ0) is 14.5. The van der Waals surface area contributed by atoms with Crippen LogP contribution < -0.4 is 0 Å². The molecule has 0 aliphatic carbocycles. The van der Waals surface area contributed by atoms with Gasteiger partial charge in [-0.2, -0.15) is 0 Å². The van der Waals surface area contributed by atoms with Gasteiger partial charge in [0.05, 0.1) is 0 Å². The SMILES string of the molecule is C=C/C=C(\C=C)c1cccc(C2=CC(C)=CCN2C)c1. The van der Waals surface area contributed by atoms with E-state index < -0.39 is 0 Å². The van der Waals surface area contributed by atoms with Crippen LogP contribution in [0.25, 0.3) is 11.3 Å². The van der Waals surface area contributed by atoms with Crippen molar-refractivity contribution in [2.75, 3.05) is 13.6 Å². The third-order valence-corrected chi connectivity index (χ3v) is 3.47. The summed E-state index contributed by atoms with van der Waals surface area (Å²) in [5.41, 5.74) is 6.06. The highest BCUT2D eigenvalue weighted by Crippen LogP contribution is 2.26. The highest BCUT2D eigenvalue weighted by atomic mass is 15.1. The Morgan fingerprint density at radius 2 is 2.10 bits per heavy atom. The van der Waals surface area contributed by atoms with Crippen LogP contribution in [0.3, 0.4) is 0 Å². The minimum atomic E-state index is 0.957. The highest BCUT2D eigenvalue weighted by molar-refractivity contribution is 5.78. The summed E-state index contributed by atoms with van der Waals surface area (Å²) >= 11 is 0. The molecule has 0 amide bonds. The maximum Gasteiger partial charge on any atom is 0.0442 e. The predicted octanol–water partition coefficient (Wildman–Crippen LogP) is 4.67. The van der Waals surface area contributed by atoms with Crippen LogP contribution in [0.1, 0.15) is 18.1 Å². The van der Waals surface area contributed by atoms with Crippen molar-refractivity contribution >= 4 is 11.3 Å². The Hall–Kier alpha value is -2.28. The van der Waals surface area contributed by atoms with Crippen LogP contribution >= 0.6 is 0 Å². The summed E-state index contributed by atoms with van der Waals surface area (Å²) in [5.74, 6) is 0. The summed E-state index contributed by atoms with van der Waals surface area (Å²) in [7, 11) is 2.12. The summed E-state index contributed by atoms with van der Waals surface area (Å²) in [6.07, 6.45) is 10.1. The Kier molecular flexibility index (Phi) is 4.41. The normalized spacial score (nSPS) is 15.5. The fourth-order valence-electron chi connectivity index (χ4n) is 2.33. The van der Waals surface area contributed by atoms with Gasteiger partial charge in [-0.3, -0.25) is 0 Å². The number of benzene rings is 1. The summed E-state index contributed by atoms with van der Waals surface area (Å²) < 4.78 is 0. The minimum Gasteiger partial charge on any atom is -0.370 e. The monoisotopic (exact) mass is 263 g/mol. The van der Waals surface area contributed by atoms with Crippen molar-refractivity contribution in [3.8, 4) is 0 Å². The van der Waals surface area contributed by atoms with E-state index >= 15 is 0 Å². The number of hydrogen-bond donors (Lipinski definition) is 0. The van der Waals surface area contributed by atoms with Crippen LogP contribution in [0.4, 0.5) is 0 Å². The lowest BCUT2D eigenvalue weighted by molar-refractivity contribution is 0.529. The topological polar surface area (TPSA) is 3.24 Å². The van der Waals surface area contributed by atoms with E-state index in [1.807, 2.05) is 12.2 Å². The van der Waals surface area contributed by atoms with E-state index in [9.17, 15) is 0 Å². The van der Waals surface area contributed by atoms with E-state index in [4.69, 9.17) is 0 Å². The lowest BCUT2D eigenvalue weighted by Gasteiger charge is -2.25. The van der Waals surface area contributed by atoms with Gasteiger partial charge in [-0.1, -0.05) is 61.2 Å². The maximum atomic E-state index is 3.87. The maximum absolute atomic E-state index is 3.87. The smallest absolute Gasteiger partial charge is 0.0442 e. The highest BCUT2D eigenvalue weighted by Gasteiger charge is 2.11. The first-order valence-electron chi connectivity index (χ1n) is 6.81. The molecular formula is C19H21N. The quantitative estimate of drug-likeness (QED) is 0.713. The van der Waals surface area contributed by atoms with Crippen molar-refractivity contribution in [2.24, 2.45) is 0 Å². The van der Waals surface area contributed by atoms with Gasteiger partial charge in [0.25, 0.3) is 0 Å². The Morgan fingerprint density at radius 1 is 1.30 bits per heavy atom. The van der Waals surface area contributed by atoms with Crippen LogP contribution in [-0.4, -0.2) is 18.5 Å². The molecule has 1 aromatic rings. The van der Waals surface area contributed by atoms with Crippen molar-refractivity contribution < 1.29 is 0 Å². The molecule has 1 aliphatic heterocycles. The fraction of sp³-hybridized carbons (Fsp3) is 0.158. The van der Waals surface area contributed by atoms with Gasteiger partial charge in [-0.15, -0.1) is 0 Å². The van der Waals surface area contributed by atoms with E-state index in [1.54, 1.807) is 6.08 Å². The van der Waals surface area contributed by atoms with Crippen LogP contribution in [0.15, 0.2) is 73.4 Å². The molecule has 0 radical (unpaired) electrons. The molecule has 0 atom stereocenters. The Bertz CT molecular complexity index is 614. The standard InChI is InChI=1S/C19H21N/c1-5-8-16(6-2)17-9-7-10-18(14-17)19-13-15(3)11-12-20(19)4/h5-11,13-14H,1-2,12H2,3-4H3/b16-8+. The van der Waals surface area contributed by atoms with Crippen LogP contribution in [0.2, 0.25) is 0 Å². The molecule has 0 unspecified atom stereocenters. The molecule has 2 rings (SSSR count). The molecular weight excluding hydrogens is 242 g/mol. The zero-order valence-corrected chi connectivity index (χ0v) is 12.3. The average Bonchev–Trinajstić information content (AvgIpc) is 2.47. The van der Waals surface area contributed by atoms with Gasteiger partial charge in [0, 0.05) is 19.3 Å². The molecule has 1 heterocycles. The first kappa shape index (κ1) is 14.1. The Labute approximate surface area is 121 Å². The van der Waals surface area contributed by atoms with Crippen molar-refractivity contribution in [1.29, 1.82) is 0 Å². The third-order valence-electron chi connectivity index (χ3n) is 3.47. The molecule has 20 heavy (non-hydrogen) atoms. The number of likely N-dealkylation sites (N-methyl/N-ethyl adjacent to an activating group) is 1. The predicted molar refractivity (Wildman–Crippen MR) is 89.2 cm³/mol. The van der Waals surface area contributed by atoms with Gasteiger partial charge in [0.2, 0.25) is 0 Å². The van der Waals surface area contributed by atoms with E-state index in [2.05, 4.69) is 68.4 Å². The summed E-state index contributed by atoms with van der Waals surface area (Å²) in [6, 6.07) is 8.55. The summed E-state index contributed by atoms with van der Waals surface area (Å²) in [4.78, 5) is 2.26. The van der Waals surface area contributed by atoms with Crippen molar-refractivity contribution in [2.45, 2.75) is 6.92 Å². The summed E-state index contributed by atoms with van der Waals surface area (Å²) in [5, 5.41) is 0. The van der Waals surface area contributed by atoms with E-state index in [0.29, 0.717) is 0 Å². The minimum absolute atomic E-state index is 0.957. The molecule has 0 bridgehead atoms. The second-order valence-corrected chi connectivity index (χ2v) is 5.00. The summed E-state index contributed by atoms with van der Waals surface area (Å²) in [6.45, 7) is 10.7. The Morgan fingerprint density at radius 3 is 2.80 bits per heavy atom. The Balaban J connectivity index is 2.45. The molecule has 1 aromatic carbocycles. The molecule has 0 saturated heterocycles. The fourth-order valence-corrected chi connectivity index (χ4v) is 2.33. The number of nitrogens with zero attached hydrogens (tertiary/aromatic N) is 1. The molecule has 1 aliphatic rings. The van der Waals surface area contributed by atoms with Gasteiger partial charge < -0.3 is 4.90 Å². The molecule has 0 fully saturated rings. The van der Waals surface area contributed by atoms with E-state index in [0.717, 1.165) is 12.1 Å². The van der Waals surface area contributed by atoms with Gasteiger partial charge in [0.1, 0.15) is 0 Å². The molecule has 1 nitrogen and oxygen atoms in total. The van der Waals surface area contributed by atoms with E-state index in [1.165, 1.54) is 22.4 Å². The van der Waals surface area contributed by atoms with E-state index in [-0.39, 0.29) is 0 Å².